The Morgan fingerprint density at radius 2 is 1.88 bits per heavy atom. The van der Waals surface area contributed by atoms with Crippen LogP contribution in [0, 0.1) is 17.0 Å². The summed E-state index contributed by atoms with van der Waals surface area (Å²) < 4.78 is 5.51. The normalized spacial score (nSPS) is 10.6. The van der Waals surface area contributed by atoms with Crippen LogP contribution < -0.4 is 15.5 Å². The van der Waals surface area contributed by atoms with E-state index < -0.39 is 10.8 Å². The predicted molar refractivity (Wildman–Crippen MR) is 125 cm³/mol. The van der Waals surface area contributed by atoms with Crippen molar-refractivity contribution in [3.8, 4) is 5.75 Å². The third kappa shape index (κ3) is 6.88. The maximum Gasteiger partial charge on any atom is 0.271 e. The van der Waals surface area contributed by atoms with E-state index in [1.54, 1.807) is 36.4 Å². The number of aryl methyl sites for hydroxylation is 1. The van der Waals surface area contributed by atoms with Gasteiger partial charge in [-0.15, -0.1) is 0 Å². The van der Waals surface area contributed by atoms with Gasteiger partial charge in [0, 0.05) is 28.4 Å². The third-order valence-corrected chi connectivity index (χ3v) is 4.81. The number of benzene rings is 3. The maximum atomic E-state index is 12.1. The zero-order chi connectivity index (χ0) is 23.8. The Balaban J connectivity index is 1.51. The van der Waals surface area contributed by atoms with Crippen molar-refractivity contribution in [2.24, 2.45) is 5.10 Å². The highest BCUT2D eigenvalue weighted by molar-refractivity contribution is 6.31. The van der Waals surface area contributed by atoms with Crippen molar-refractivity contribution in [2.75, 3.05) is 11.9 Å². The fourth-order valence-electron chi connectivity index (χ4n) is 2.67. The lowest BCUT2D eigenvalue weighted by Crippen LogP contribution is -2.20. The maximum absolute atomic E-state index is 12.1. The molecule has 0 atom stereocenters. The molecule has 0 fully saturated rings. The molecule has 2 N–H and O–H groups in total. The van der Waals surface area contributed by atoms with E-state index in [-0.39, 0.29) is 23.8 Å². The van der Waals surface area contributed by atoms with Crippen molar-refractivity contribution in [1.29, 1.82) is 0 Å². The molecule has 0 saturated carbocycles. The number of carbonyl (C=O) groups is 2. The average Bonchev–Trinajstić information content (AvgIpc) is 2.80. The summed E-state index contributed by atoms with van der Waals surface area (Å²) in [4.78, 5) is 34.3. The monoisotopic (exact) mass is 466 g/mol. The number of non-ortho nitro benzene ring substituents is 1. The number of carbonyl (C=O) groups excluding carboxylic acids is 2. The van der Waals surface area contributed by atoms with Crippen LogP contribution in [0.3, 0.4) is 0 Å². The Labute approximate surface area is 194 Å². The van der Waals surface area contributed by atoms with Gasteiger partial charge in [0.25, 0.3) is 17.5 Å². The second kappa shape index (κ2) is 10.9. The predicted octanol–water partition coefficient (Wildman–Crippen LogP) is 4.34. The summed E-state index contributed by atoms with van der Waals surface area (Å²) in [7, 11) is 0. The zero-order valence-corrected chi connectivity index (χ0v) is 18.2. The molecule has 0 unspecified atom stereocenters. The largest absolute Gasteiger partial charge is 0.484 e. The van der Waals surface area contributed by atoms with Crippen molar-refractivity contribution in [1.82, 2.24) is 5.43 Å². The van der Waals surface area contributed by atoms with Crippen LogP contribution in [0.25, 0.3) is 0 Å². The highest BCUT2D eigenvalue weighted by Crippen LogP contribution is 2.20. The van der Waals surface area contributed by atoms with Crippen LogP contribution in [0.4, 0.5) is 11.4 Å². The highest BCUT2D eigenvalue weighted by atomic mass is 35.5. The minimum atomic E-state index is -0.545. The number of nitro benzene ring substituents is 1. The van der Waals surface area contributed by atoms with Crippen LogP contribution in [0.2, 0.25) is 5.02 Å². The van der Waals surface area contributed by atoms with Crippen molar-refractivity contribution < 1.29 is 19.2 Å². The van der Waals surface area contributed by atoms with Gasteiger partial charge in [-0.3, -0.25) is 19.7 Å². The van der Waals surface area contributed by atoms with Crippen LogP contribution in [0.1, 0.15) is 21.5 Å². The number of hydrazone groups is 1. The molecule has 0 aromatic heterocycles. The first-order valence-corrected chi connectivity index (χ1v) is 10.1. The molecular weight excluding hydrogens is 448 g/mol. The molecule has 0 aliphatic carbocycles. The van der Waals surface area contributed by atoms with E-state index in [0.717, 1.165) is 5.56 Å². The van der Waals surface area contributed by atoms with Gasteiger partial charge >= 0.3 is 0 Å². The number of ether oxygens (including phenoxy) is 1. The fraction of sp³-hybridized carbons (Fsp3) is 0.0870. The first kappa shape index (κ1) is 23.4. The Kier molecular flexibility index (Phi) is 7.72. The molecule has 0 saturated heterocycles. The fourth-order valence-corrected chi connectivity index (χ4v) is 2.85. The Hall–Kier alpha value is -4.24. The molecule has 3 aromatic carbocycles. The van der Waals surface area contributed by atoms with Gasteiger partial charge in [-0.2, -0.15) is 5.10 Å². The number of rotatable bonds is 8. The second-order valence-electron chi connectivity index (χ2n) is 6.88. The first-order valence-electron chi connectivity index (χ1n) is 9.68. The summed E-state index contributed by atoms with van der Waals surface area (Å²) in [6, 6.07) is 17.2. The summed E-state index contributed by atoms with van der Waals surface area (Å²) in [5.41, 5.74) is 4.58. The van der Waals surface area contributed by atoms with E-state index in [2.05, 4.69) is 15.8 Å². The summed E-state index contributed by atoms with van der Waals surface area (Å²) in [6.07, 6.45) is 1.41. The molecule has 0 radical (unpaired) electrons. The molecule has 0 bridgehead atoms. The molecule has 33 heavy (non-hydrogen) atoms. The van der Waals surface area contributed by atoms with E-state index >= 15 is 0 Å². The van der Waals surface area contributed by atoms with Crippen molar-refractivity contribution in [2.45, 2.75) is 6.92 Å². The van der Waals surface area contributed by atoms with Gasteiger partial charge in [0.2, 0.25) is 0 Å². The number of nitro groups is 1. The van der Waals surface area contributed by atoms with Gasteiger partial charge < -0.3 is 10.1 Å². The second-order valence-corrected chi connectivity index (χ2v) is 7.28. The number of amides is 2. The molecule has 168 valence electrons. The number of anilines is 1. The number of hydrogen-bond donors (Lipinski definition) is 2. The average molecular weight is 467 g/mol. The van der Waals surface area contributed by atoms with Crippen LogP contribution in [-0.4, -0.2) is 29.6 Å². The number of halogens is 1. The number of nitrogens with one attached hydrogen (secondary N) is 2. The van der Waals surface area contributed by atoms with Gasteiger partial charge in [0.1, 0.15) is 5.75 Å². The third-order valence-electron chi connectivity index (χ3n) is 4.40. The highest BCUT2D eigenvalue weighted by Gasteiger charge is 2.09. The topological polar surface area (TPSA) is 123 Å². The van der Waals surface area contributed by atoms with E-state index in [1.165, 1.54) is 30.5 Å². The molecule has 10 heteroatoms. The van der Waals surface area contributed by atoms with E-state index in [9.17, 15) is 19.7 Å². The van der Waals surface area contributed by atoms with Gasteiger partial charge in [-0.1, -0.05) is 29.8 Å². The number of hydrogen-bond acceptors (Lipinski definition) is 6. The summed E-state index contributed by atoms with van der Waals surface area (Å²) >= 11 is 6.06. The van der Waals surface area contributed by atoms with Gasteiger partial charge in [0.15, 0.2) is 6.61 Å². The van der Waals surface area contributed by atoms with Crippen LogP contribution in [0.15, 0.2) is 71.8 Å². The van der Waals surface area contributed by atoms with Crippen LogP contribution in [0.5, 0.6) is 5.75 Å². The van der Waals surface area contributed by atoms with E-state index in [0.29, 0.717) is 22.0 Å². The molecule has 3 rings (SSSR count). The van der Waals surface area contributed by atoms with Gasteiger partial charge in [0.05, 0.1) is 11.1 Å². The lowest BCUT2D eigenvalue weighted by molar-refractivity contribution is -0.384. The zero-order valence-electron chi connectivity index (χ0n) is 17.4. The molecule has 0 aliphatic heterocycles. The smallest absolute Gasteiger partial charge is 0.271 e. The molecule has 2 amide bonds. The molecule has 0 aliphatic rings. The quantitative estimate of drug-likeness (QED) is 0.290. The summed E-state index contributed by atoms with van der Waals surface area (Å²) in [5.74, 6) is -0.413. The first-order chi connectivity index (χ1) is 15.8. The standard InChI is InChI=1S/C23H19ClN4O5/c1-15-5-8-18(12-21(15)24)26-22(29)14-33-20-4-2-3-16(11-20)13-25-27-23(30)17-6-9-19(10-7-17)28(31)32/h2-13H,14H2,1H3,(H,26,29)(H,27,30)/b25-13+. The number of nitrogens with zero attached hydrogens (tertiary/aromatic N) is 2. The van der Waals surface area contributed by atoms with Crippen molar-refractivity contribution >= 4 is 41.0 Å². The van der Waals surface area contributed by atoms with Gasteiger partial charge in [-0.05, 0) is 54.4 Å². The van der Waals surface area contributed by atoms with Crippen molar-refractivity contribution in [3.05, 3.63) is 98.6 Å². The van der Waals surface area contributed by atoms with E-state index in [4.69, 9.17) is 16.3 Å². The summed E-state index contributed by atoms with van der Waals surface area (Å²) in [6.45, 7) is 1.66. The Morgan fingerprint density at radius 3 is 2.58 bits per heavy atom. The minimum absolute atomic E-state index is 0.108. The molecule has 0 heterocycles. The van der Waals surface area contributed by atoms with Crippen LogP contribution in [-0.2, 0) is 4.79 Å². The molecule has 9 nitrogen and oxygen atoms in total. The van der Waals surface area contributed by atoms with Gasteiger partial charge in [-0.25, -0.2) is 5.43 Å². The van der Waals surface area contributed by atoms with Crippen LogP contribution >= 0.6 is 11.6 Å². The lowest BCUT2D eigenvalue weighted by atomic mass is 10.2. The Morgan fingerprint density at radius 1 is 1.12 bits per heavy atom. The Bertz CT molecular complexity index is 1210. The summed E-state index contributed by atoms with van der Waals surface area (Å²) in [5, 5.41) is 17.8. The van der Waals surface area contributed by atoms with Crippen molar-refractivity contribution in [3.63, 3.8) is 0 Å². The molecule has 0 spiro atoms. The van der Waals surface area contributed by atoms with E-state index in [1.807, 2.05) is 13.0 Å². The molecule has 3 aromatic rings. The SMILES string of the molecule is Cc1ccc(NC(=O)COc2cccc(/C=N/NC(=O)c3ccc([N+](=O)[O-])cc3)c2)cc1Cl. The molecular formula is C23H19ClN4O5. The minimum Gasteiger partial charge on any atom is -0.484 e. The lowest BCUT2D eigenvalue weighted by Gasteiger charge is -2.09.